The number of carbonyl (C=O) groups excluding carboxylic acids is 1. The summed E-state index contributed by atoms with van der Waals surface area (Å²) in [6.07, 6.45) is 0. The summed E-state index contributed by atoms with van der Waals surface area (Å²) in [5, 5.41) is 25.2. The van der Waals surface area contributed by atoms with Crippen LogP contribution in [0.5, 0.6) is 0 Å². The number of nitro groups is 1. The van der Waals surface area contributed by atoms with E-state index in [4.69, 9.17) is 0 Å². The Hall–Kier alpha value is -3.50. The van der Waals surface area contributed by atoms with Gasteiger partial charge in [-0.15, -0.1) is 21.5 Å². The van der Waals surface area contributed by atoms with E-state index in [0.717, 1.165) is 16.3 Å². The van der Waals surface area contributed by atoms with E-state index in [0.29, 0.717) is 23.0 Å². The quantitative estimate of drug-likeness (QED) is 0.223. The first-order valence-electron chi connectivity index (χ1n) is 9.70. The maximum absolute atomic E-state index is 12.6. The number of anilines is 1. The highest BCUT2D eigenvalue weighted by molar-refractivity contribution is 7.99. The standard InChI is InChI=1S/C22H19N5O3S2/c1-15-17(9-5-10-18(15)27(29)30)23-20(28)14-32-22-25-24-21(19-11-6-12-31-19)26(22)13-16-7-3-2-4-8-16/h2-12H,13-14H2,1H3,(H,23,28). The SMILES string of the molecule is Cc1c(NC(=O)CSc2nnc(-c3cccs3)n2Cc2ccccc2)cccc1[N+](=O)[O-]. The van der Waals surface area contributed by atoms with Crippen LogP contribution in [0.4, 0.5) is 11.4 Å². The third-order valence-electron chi connectivity index (χ3n) is 4.75. The second-order valence-corrected chi connectivity index (χ2v) is 8.79. The largest absolute Gasteiger partial charge is 0.325 e. The van der Waals surface area contributed by atoms with Crippen molar-refractivity contribution in [3.8, 4) is 10.7 Å². The van der Waals surface area contributed by atoms with Gasteiger partial charge in [0.15, 0.2) is 11.0 Å². The molecule has 0 saturated carbocycles. The minimum atomic E-state index is -0.460. The highest BCUT2D eigenvalue weighted by Crippen LogP contribution is 2.29. The van der Waals surface area contributed by atoms with Crippen LogP contribution in [0, 0.1) is 17.0 Å². The summed E-state index contributed by atoms with van der Waals surface area (Å²) in [6, 6.07) is 18.6. The molecule has 0 aliphatic rings. The molecular formula is C22H19N5O3S2. The van der Waals surface area contributed by atoms with E-state index in [1.807, 2.05) is 52.4 Å². The van der Waals surface area contributed by atoms with Crippen LogP contribution in [0.3, 0.4) is 0 Å². The molecule has 4 rings (SSSR count). The fourth-order valence-electron chi connectivity index (χ4n) is 3.17. The molecular weight excluding hydrogens is 446 g/mol. The molecule has 0 aliphatic carbocycles. The Bertz CT molecular complexity index is 1240. The summed E-state index contributed by atoms with van der Waals surface area (Å²) in [7, 11) is 0. The van der Waals surface area contributed by atoms with Crippen molar-refractivity contribution in [2.75, 3.05) is 11.1 Å². The molecule has 0 spiro atoms. The maximum atomic E-state index is 12.6. The van der Waals surface area contributed by atoms with Crippen LogP contribution in [0.25, 0.3) is 10.7 Å². The Labute approximate surface area is 192 Å². The topological polar surface area (TPSA) is 103 Å². The monoisotopic (exact) mass is 465 g/mol. The van der Waals surface area contributed by atoms with Gasteiger partial charge in [0, 0.05) is 6.07 Å². The lowest BCUT2D eigenvalue weighted by molar-refractivity contribution is -0.385. The number of hydrogen-bond acceptors (Lipinski definition) is 7. The van der Waals surface area contributed by atoms with Gasteiger partial charge in [-0.2, -0.15) is 0 Å². The zero-order valence-corrected chi connectivity index (χ0v) is 18.7. The number of thioether (sulfide) groups is 1. The molecule has 8 nitrogen and oxygen atoms in total. The first-order chi connectivity index (χ1) is 15.5. The van der Waals surface area contributed by atoms with E-state index in [1.54, 1.807) is 30.4 Å². The third-order valence-corrected chi connectivity index (χ3v) is 6.58. The number of nitrogens with one attached hydrogen (secondary N) is 1. The number of amides is 1. The van der Waals surface area contributed by atoms with Gasteiger partial charge in [-0.1, -0.05) is 54.2 Å². The van der Waals surface area contributed by atoms with Crippen molar-refractivity contribution in [3.05, 3.63) is 87.3 Å². The number of nitro benzene ring substituents is 1. The normalized spacial score (nSPS) is 10.8. The molecule has 1 N–H and O–H groups in total. The molecule has 2 aromatic carbocycles. The molecule has 162 valence electrons. The number of aromatic nitrogens is 3. The minimum Gasteiger partial charge on any atom is -0.325 e. The van der Waals surface area contributed by atoms with Gasteiger partial charge < -0.3 is 5.32 Å². The molecule has 10 heteroatoms. The molecule has 4 aromatic rings. The maximum Gasteiger partial charge on any atom is 0.274 e. The molecule has 1 amide bonds. The first-order valence-corrected chi connectivity index (χ1v) is 11.6. The highest BCUT2D eigenvalue weighted by Gasteiger charge is 2.18. The zero-order chi connectivity index (χ0) is 22.5. The van der Waals surface area contributed by atoms with Crippen LogP contribution in [-0.2, 0) is 11.3 Å². The van der Waals surface area contributed by atoms with Crippen molar-refractivity contribution >= 4 is 40.4 Å². The Kier molecular flexibility index (Phi) is 6.62. The summed E-state index contributed by atoms with van der Waals surface area (Å²) in [4.78, 5) is 24.2. The van der Waals surface area contributed by atoms with Gasteiger partial charge in [0.05, 0.1) is 33.3 Å². The smallest absolute Gasteiger partial charge is 0.274 e. The number of nitrogens with zero attached hydrogens (tertiary/aromatic N) is 4. The summed E-state index contributed by atoms with van der Waals surface area (Å²) < 4.78 is 2.00. The second-order valence-electron chi connectivity index (χ2n) is 6.90. The summed E-state index contributed by atoms with van der Waals surface area (Å²) in [5.41, 5.74) is 1.92. The number of carbonyl (C=O) groups is 1. The van der Waals surface area contributed by atoms with Gasteiger partial charge in [0.2, 0.25) is 5.91 Å². The van der Waals surface area contributed by atoms with E-state index in [9.17, 15) is 14.9 Å². The highest BCUT2D eigenvalue weighted by atomic mass is 32.2. The van der Waals surface area contributed by atoms with Crippen molar-refractivity contribution in [3.63, 3.8) is 0 Å². The van der Waals surface area contributed by atoms with E-state index >= 15 is 0 Å². The van der Waals surface area contributed by atoms with E-state index in [-0.39, 0.29) is 17.3 Å². The van der Waals surface area contributed by atoms with E-state index in [2.05, 4.69) is 15.5 Å². The molecule has 2 aromatic heterocycles. The molecule has 0 fully saturated rings. The third kappa shape index (κ3) is 4.87. The lowest BCUT2D eigenvalue weighted by atomic mass is 10.1. The molecule has 0 bridgehead atoms. The Morgan fingerprint density at radius 3 is 2.66 bits per heavy atom. The number of rotatable bonds is 8. The molecule has 0 atom stereocenters. The number of benzene rings is 2. The Morgan fingerprint density at radius 1 is 1.12 bits per heavy atom. The number of thiophene rings is 1. The lowest BCUT2D eigenvalue weighted by Crippen LogP contribution is -2.16. The lowest BCUT2D eigenvalue weighted by Gasteiger charge is -2.10. The van der Waals surface area contributed by atoms with Gasteiger partial charge >= 0.3 is 0 Å². The summed E-state index contributed by atoms with van der Waals surface area (Å²) in [5.74, 6) is 0.575. The van der Waals surface area contributed by atoms with Crippen LogP contribution >= 0.6 is 23.1 Å². The fraction of sp³-hybridized carbons (Fsp3) is 0.136. The Balaban J connectivity index is 1.51. The predicted octanol–water partition coefficient (Wildman–Crippen LogP) is 5.00. The zero-order valence-electron chi connectivity index (χ0n) is 17.1. The molecule has 2 heterocycles. The molecule has 0 unspecified atom stereocenters. The molecule has 0 radical (unpaired) electrons. The van der Waals surface area contributed by atoms with Crippen molar-refractivity contribution in [2.45, 2.75) is 18.6 Å². The van der Waals surface area contributed by atoms with Crippen LogP contribution < -0.4 is 5.32 Å². The van der Waals surface area contributed by atoms with Crippen molar-refractivity contribution < 1.29 is 9.72 Å². The van der Waals surface area contributed by atoms with Crippen LogP contribution in [0.15, 0.2) is 71.2 Å². The van der Waals surface area contributed by atoms with Crippen molar-refractivity contribution in [1.29, 1.82) is 0 Å². The molecule has 0 saturated heterocycles. The van der Waals surface area contributed by atoms with Gasteiger partial charge in [0.1, 0.15) is 0 Å². The molecule has 0 aliphatic heterocycles. The van der Waals surface area contributed by atoms with Gasteiger partial charge in [0.25, 0.3) is 5.69 Å². The van der Waals surface area contributed by atoms with Crippen LogP contribution in [0.2, 0.25) is 0 Å². The summed E-state index contributed by atoms with van der Waals surface area (Å²) >= 11 is 2.85. The van der Waals surface area contributed by atoms with Gasteiger partial charge in [-0.05, 0) is 30.0 Å². The van der Waals surface area contributed by atoms with Crippen molar-refractivity contribution in [2.24, 2.45) is 0 Å². The fourth-order valence-corrected chi connectivity index (χ4v) is 4.62. The second kappa shape index (κ2) is 9.75. The number of hydrogen-bond donors (Lipinski definition) is 1. The van der Waals surface area contributed by atoms with E-state index in [1.165, 1.54) is 17.8 Å². The Morgan fingerprint density at radius 2 is 1.94 bits per heavy atom. The predicted molar refractivity (Wildman–Crippen MR) is 126 cm³/mol. The average Bonchev–Trinajstić information content (AvgIpc) is 3.44. The van der Waals surface area contributed by atoms with Crippen LogP contribution in [-0.4, -0.2) is 31.3 Å². The average molecular weight is 466 g/mol. The van der Waals surface area contributed by atoms with Gasteiger partial charge in [-0.25, -0.2) is 0 Å². The van der Waals surface area contributed by atoms with Crippen LogP contribution in [0.1, 0.15) is 11.1 Å². The van der Waals surface area contributed by atoms with Gasteiger partial charge in [-0.3, -0.25) is 19.5 Å². The molecule has 32 heavy (non-hydrogen) atoms. The van der Waals surface area contributed by atoms with E-state index < -0.39 is 4.92 Å². The van der Waals surface area contributed by atoms with Crippen molar-refractivity contribution in [1.82, 2.24) is 14.8 Å². The first kappa shape index (κ1) is 21.7. The summed E-state index contributed by atoms with van der Waals surface area (Å²) in [6.45, 7) is 2.19. The minimum absolute atomic E-state index is 0.0290.